The molecule has 1 unspecified atom stereocenters. The molecule has 0 fully saturated rings. The molecule has 22 heavy (non-hydrogen) atoms. The highest BCUT2D eigenvalue weighted by molar-refractivity contribution is 7.81. The molecular weight excluding hydrogens is 296 g/mol. The molecule has 2 aromatic rings. The minimum Gasteiger partial charge on any atom is -0.489 e. The third-order valence-corrected chi connectivity index (χ3v) is 3.88. The van der Waals surface area contributed by atoms with Crippen LogP contribution < -0.4 is 4.74 Å². The van der Waals surface area contributed by atoms with Crippen LogP contribution in [0.1, 0.15) is 24.0 Å². The van der Waals surface area contributed by atoms with Crippen molar-refractivity contribution in [2.75, 3.05) is 0 Å². The topological polar surface area (TPSA) is 46.5 Å². The number of carboxylic acids is 1. The van der Waals surface area contributed by atoms with E-state index in [-0.39, 0.29) is 0 Å². The van der Waals surface area contributed by atoms with Gasteiger partial charge in [-0.3, -0.25) is 4.79 Å². The number of carboxylic acid groups (broad SMARTS) is 1. The van der Waals surface area contributed by atoms with Gasteiger partial charge < -0.3 is 9.84 Å². The van der Waals surface area contributed by atoms with Gasteiger partial charge in [0.1, 0.15) is 12.4 Å². The summed E-state index contributed by atoms with van der Waals surface area (Å²) >= 11 is 4.03. The summed E-state index contributed by atoms with van der Waals surface area (Å²) in [5.74, 6) is -0.0156. The van der Waals surface area contributed by atoms with Gasteiger partial charge in [-0.25, -0.2) is 0 Å². The lowest BCUT2D eigenvalue weighted by Crippen LogP contribution is -2.13. The van der Waals surface area contributed by atoms with Crippen LogP contribution in [0.5, 0.6) is 5.75 Å². The first-order chi connectivity index (χ1) is 10.6. The minimum absolute atomic E-state index is 0.556. The monoisotopic (exact) mass is 316 g/mol. The van der Waals surface area contributed by atoms with Crippen LogP contribution in [0.15, 0.2) is 54.6 Å². The molecule has 116 valence electrons. The summed E-state index contributed by atoms with van der Waals surface area (Å²) in [5, 5.41) is 8.20. The van der Waals surface area contributed by atoms with Gasteiger partial charge in [0, 0.05) is 0 Å². The summed E-state index contributed by atoms with van der Waals surface area (Å²) in [6.45, 7) is 0.556. The summed E-state index contributed by atoms with van der Waals surface area (Å²) < 4.78 is 5.73. The second-order valence-electron chi connectivity index (χ2n) is 5.16. The Morgan fingerprint density at radius 2 is 1.73 bits per heavy atom. The average molecular weight is 316 g/mol. The standard InChI is InChI=1S/C18H20O3S/c19-18(20)17(22)8-4-7-14-9-11-16(12-10-14)21-13-15-5-2-1-3-6-15/h1-3,5-6,9-12,17,22H,4,7-8,13H2,(H,19,20). The molecule has 2 rings (SSSR count). The van der Waals surface area contributed by atoms with E-state index in [1.165, 1.54) is 5.56 Å². The van der Waals surface area contributed by atoms with Gasteiger partial charge in [-0.05, 0) is 42.5 Å². The molecule has 0 aliphatic carbocycles. The number of benzene rings is 2. The smallest absolute Gasteiger partial charge is 0.316 e. The van der Waals surface area contributed by atoms with E-state index in [0.717, 1.165) is 24.2 Å². The Morgan fingerprint density at radius 1 is 1.05 bits per heavy atom. The summed E-state index contributed by atoms with van der Waals surface area (Å²) in [4.78, 5) is 10.7. The summed E-state index contributed by atoms with van der Waals surface area (Å²) in [6.07, 6.45) is 2.23. The zero-order valence-electron chi connectivity index (χ0n) is 12.3. The largest absolute Gasteiger partial charge is 0.489 e. The number of ether oxygens (including phenoxy) is 1. The number of thiol groups is 1. The van der Waals surface area contributed by atoms with Gasteiger partial charge >= 0.3 is 5.97 Å². The van der Waals surface area contributed by atoms with Crippen LogP contribution >= 0.6 is 12.6 Å². The zero-order chi connectivity index (χ0) is 15.8. The van der Waals surface area contributed by atoms with Gasteiger partial charge in [0.05, 0.1) is 5.25 Å². The highest BCUT2D eigenvalue weighted by Gasteiger charge is 2.10. The zero-order valence-corrected chi connectivity index (χ0v) is 13.2. The van der Waals surface area contributed by atoms with Crippen molar-refractivity contribution in [1.82, 2.24) is 0 Å². The molecule has 0 amide bonds. The molecule has 0 aromatic heterocycles. The summed E-state index contributed by atoms with van der Waals surface area (Å²) in [5.41, 5.74) is 2.32. The van der Waals surface area contributed by atoms with E-state index in [1.807, 2.05) is 54.6 Å². The Hall–Kier alpha value is -1.94. The van der Waals surface area contributed by atoms with Crippen LogP contribution in [-0.4, -0.2) is 16.3 Å². The molecule has 0 heterocycles. The van der Waals surface area contributed by atoms with Crippen molar-refractivity contribution in [2.24, 2.45) is 0 Å². The lowest BCUT2D eigenvalue weighted by Gasteiger charge is -2.08. The van der Waals surface area contributed by atoms with Crippen LogP contribution in [0.25, 0.3) is 0 Å². The normalized spacial score (nSPS) is 11.9. The maximum Gasteiger partial charge on any atom is 0.316 e. The van der Waals surface area contributed by atoms with Gasteiger partial charge in [-0.2, -0.15) is 12.6 Å². The van der Waals surface area contributed by atoms with Crippen LogP contribution in [0, 0.1) is 0 Å². The number of hydrogen-bond acceptors (Lipinski definition) is 3. The van der Waals surface area contributed by atoms with Gasteiger partial charge in [0.2, 0.25) is 0 Å². The average Bonchev–Trinajstić information content (AvgIpc) is 2.55. The van der Waals surface area contributed by atoms with E-state index in [9.17, 15) is 4.79 Å². The van der Waals surface area contributed by atoms with E-state index in [1.54, 1.807) is 0 Å². The third-order valence-electron chi connectivity index (χ3n) is 3.40. The van der Waals surface area contributed by atoms with Gasteiger partial charge in [0.25, 0.3) is 0 Å². The van der Waals surface area contributed by atoms with Crippen molar-refractivity contribution in [2.45, 2.75) is 31.1 Å². The Bertz CT molecular complexity index is 581. The molecule has 0 bridgehead atoms. The molecule has 0 aliphatic rings. The molecule has 4 heteroatoms. The Morgan fingerprint density at radius 3 is 2.36 bits per heavy atom. The van der Waals surface area contributed by atoms with Crippen LogP contribution in [0.4, 0.5) is 0 Å². The van der Waals surface area contributed by atoms with Crippen molar-refractivity contribution < 1.29 is 14.6 Å². The van der Waals surface area contributed by atoms with E-state index < -0.39 is 11.2 Å². The maximum absolute atomic E-state index is 10.7. The number of aliphatic carboxylic acids is 1. The first kappa shape index (κ1) is 16.4. The molecule has 1 N–H and O–H groups in total. The minimum atomic E-state index is -0.854. The molecule has 1 atom stereocenters. The highest BCUT2D eigenvalue weighted by Crippen LogP contribution is 2.16. The van der Waals surface area contributed by atoms with Crippen molar-refractivity contribution in [3.8, 4) is 5.75 Å². The molecular formula is C18H20O3S. The van der Waals surface area contributed by atoms with Crippen LogP contribution in [0.3, 0.4) is 0 Å². The van der Waals surface area contributed by atoms with Gasteiger partial charge in [-0.1, -0.05) is 42.5 Å². The maximum atomic E-state index is 10.7. The Labute approximate surface area is 136 Å². The second kappa shape index (κ2) is 8.49. The van der Waals surface area contributed by atoms with Gasteiger partial charge in [-0.15, -0.1) is 0 Å². The van der Waals surface area contributed by atoms with Crippen molar-refractivity contribution in [1.29, 1.82) is 0 Å². The molecule has 2 aromatic carbocycles. The fourth-order valence-corrected chi connectivity index (χ4v) is 2.30. The van der Waals surface area contributed by atoms with Gasteiger partial charge in [0.15, 0.2) is 0 Å². The SMILES string of the molecule is O=C(O)C(S)CCCc1ccc(OCc2ccccc2)cc1. The van der Waals surface area contributed by atoms with E-state index in [2.05, 4.69) is 12.6 Å². The first-order valence-corrected chi connectivity index (χ1v) is 7.83. The first-order valence-electron chi connectivity index (χ1n) is 7.31. The van der Waals surface area contributed by atoms with E-state index in [0.29, 0.717) is 13.0 Å². The van der Waals surface area contributed by atoms with Crippen LogP contribution in [-0.2, 0) is 17.8 Å². The van der Waals surface area contributed by atoms with Crippen molar-refractivity contribution in [3.05, 3.63) is 65.7 Å². The molecule has 3 nitrogen and oxygen atoms in total. The van der Waals surface area contributed by atoms with E-state index >= 15 is 0 Å². The number of aryl methyl sites for hydroxylation is 1. The lowest BCUT2D eigenvalue weighted by atomic mass is 10.1. The molecule has 0 saturated carbocycles. The van der Waals surface area contributed by atoms with Crippen molar-refractivity contribution >= 4 is 18.6 Å². The van der Waals surface area contributed by atoms with Crippen LogP contribution in [0.2, 0.25) is 0 Å². The summed E-state index contributed by atoms with van der Waals surface area (Å²) in [6, 6.07) is 18.0. The number of rotatable bonds is 8. The van der Waals surface area contributed by atoms with Crippen molar-refractivity contribution in [3.63, 3.8) is 0 Å². The number of hydrogen-bond donors (Lipinski definition) is 2. The summed E-state index contributed by atoms with van der Waals surface area (Å²) in [7, 11) is 0. The Kier molecular flexibility index (Phi) is 6.34. The molecule has 0 radical (unpaired) electrons. The second-order valence-corrected chi connectivity index (χ2v) is 5.79. The quantitative estimate of drug-likeness (QED) is 0.724. The highest BCUT2D eigenvalue weighted by atomic mass is 32.1. The molecule has 0 saturated heterocycles. The fourth-order valence-electron chi connectivity index (χ4n) is 2.12. The lowest BCUT2D eigenvalue weighted by molar-refractivity contribution is -0.136. The number of carbonyl (C=O) groups is 1. The predicted octanol–water partition coefficient (Wildman–Crippen LogP) is 3.97. The third kappa shape index (κ3) is 5.45. The fraction of sp³-hybridized carbons (Fsp3) is 0.278. The molecule has 0 aliphatic heterocycles. The van der Waals surface area contributed by atoms with E-state index in [4.69, 9.17) is 9.84 Å². The predicted molar refractivity (Wildman–Crippen MR) is 90.6 cm³/mol. The Balaban J connectivity index is 1.76. The molecule has 0 spiro atoms.